The molecule has 1 aromatic carbocycles. The Bertz CT molecular complexity index is 452. The fraction of sp³-hybridized carbons (Fsp3) is 0.538. The minimum absolute atomic E-state index is 0.295. The maximum atomic E-state index is 11.9. The molecule has 0 aromatic heterocycles. The molecule has 3 N–H and O–H groups in total. The van der Waals surface area contributed by atoms with Crippen LogP contribution >= 0.6 is 0 Å². The molecule has 18 heavy (non-hydrogen) atoms. The standard InChI is InChI=1S/C13H22N2O2S/c1-11(2)10-15-18(16,17)13-7-5-12(6-8-13)4-3-9-14/h5-8,11,15H,3-4,9-10,14H2,1-2H3. The SMILES string of the molecule is CC(C)CNS(=O)(=O)c1ccc(CCCN)cc1. The van der Waals surface area contributed by atoms with Crippen LogP contribution in [0.1, 0.15) is 25.8 Å². The molecule has 0 radical (unpaired) electrons. The van der Waals surface area contributed by atoms with Crippen molar-refractivity contribution in [1.29, 1.82) is 0 Å². The summed E-state index contributed by atoms with van der Waals surface area (Å²) in [6, 6.07) is 6.99. The van der Waals surface area contributed by atoms with E-state index in [1.165, 1.54) is 0 Å². The van der Waals surface area contributed by atoms with Crippen molar-refractivity contribution in [1.82, 2.24) is 4.72 Å². The van der Waals surface area contributed by atoms with Crippen LogP contribution in [0.3, 0.4) is 0 Å². The Labute approximate surface area is 110 Å². The number of sulfonamides is 1. The van der Waals surface area contributed by atoms with E-state index in [1.54, 1.807) is 12.1 Å². The lowest BCUT2D eigenvalue weighted by Gasteiger charge is -2.09. The van der Waals surface area contributed by atoms with E-state index >= 15 is 0 Å². The molecule has 0 saturated carbocycles. The van der Waals surface area contributed by atoms with Gasteiger partial charge >= 0.3 is 0 Å². The fourth-order valence-corrected chi connectivity index (χ4v) is 2.71. The van der Waals surface area contributed by atoms with Crippen LogP contribution < -0.4 is 10.5 Å². The average molecular weight is 270 g/mol. The van der Waals surface area contributed by atoms with E-state index in [-0.39, 0.29) is 0 Å². The van der Waals surface area contributed by atoms with Gasteiger partial charge in [-0.25, -0.2) is 13.1 Å². The molecular formula is C13H22N2O2S. The summed E-state index contributed by atoms with van der Waals surface area (Å²) in [4.78, 5) is 0.319. The quantitative estimate of drug-likeness (QED) is 0.789. The first kappa shape index (κ1) is 15.1. The number of benzene rings is 1. The molecule has 0 unspecified atom stereocenters. The molecule has 0 fully saturated rings. The van der Waals surface area contributed by atoms with Crippen molar-refractivity contribution in [3.05, 3.63) is 29.8 Å². The van der Waals surface area contributed by atoms with Crippen LogP contribution in [0.15, 0.2) is 29.2 Å². The van der Waals surface area contributed by atoms with Gasteiger partial charge in [0.05, 0.1) is 4.90 Å². The average Bonchev–Trinajstić information content (AvgIpc) is 2.34. The van der Waals surface area contributed by atoms with Gasteiger partial charge in [0.2, 0.25) is 10.0 Å². The zero-order valence-electron chi connectivity index (χ0n) is 11.0. The zero-order valence-corrected chi connectivity index (χ0v) is 11.8. The van der Waals surface area contributed by atoms with Crippen LogP contribution in [-0.4, -0.2) is 21.5 Å². The lowest BCUT2D eigenvalue weighted by atomic mass is 10.1. The second-order valence-electron chi connectivity index (χ2n) is 4.78. The Morgan fingerprint density at radius 2 is 1.83 bits per heavy atom. The van der Waals surface area contributed by atoms with Gasteiger partial charge in [-0.1, -0.05) is 26.0 Å². The molecule has 0 bridgehead atoms. The van der Waals surface area contributed by atoms with Crippen molar-refractivity contribution in [2.75, 3.05) is 13.1 Å². The van der Waals surface area contributed by atoms with Crippen LogP contribution in [0.5, 0.6) is 0 Å². The summed E-state index contributed by atoms with van der Waals surface area (Å²) in [5.41, 5.74) is 6.55. The van der Waals surface area contributed by atoms with E-state index in [9.17, 15) is 8.42 Å². The third kappa shape index (κ3) is 4.76. The number of rotatable bonds is 7. The van der Waals surface area contributed by atoms with Gasteiger partial charge in [-0.15, -0.1) is 0 Å². The first-order chi connectivity index (χ1) is 8.45. The first-order valence-electron chi connectivity index (χ1n) is 6.24. The van der Waals surface area contributed by atoms with E-state index in [1.807, 2.05) is 26.0 Å². The molecule has 1 rings (SSSR count). The first-order valence-corrected chi connectivity index (χ1v) is 7.72. The summed E-state index contributed by atoms with van der Waals surface area (Å²) < 4.78 is 26.5. The molecule has 0 amide bonds. The number of aryl methyl sites for hydroxylation is 1. The van der Waals surface area contributed by atoms with Crippen molar-refractivity contribution < 1.29 is 8.42 Å². The summed E-state index contributed by atoms with van der Waals surface area (Å²) in [5.74, 6) is 0.295. The zero-order chi connectivity index (χ0) is 13.6. The molecule has 0 atom stereocenters. The highest BCUT2D eigenvalue weighted by Crippen LogP contribution is 2.12. The normalized spacial score (nSPS) is 12.0. The van der Waals surface area contributed by atoms with Gasteiger partial charge in [0.25, 0.3) is 0 Å². The highest BCUT2D eigenvalue weighted by molar-refractivity contribution is 7.89. The third-order valence-corrected chi connectivity index (χ3v) is 4.02. The van der Waals surface area contributed by atoms with Gasteiger partial charge in [0, 0.05) is 6.54 Å². The van der Waals surface area contributed by atoms with Crippen LogP contribution in [0.4, 0.5) is 0 Å². The van der Waals surface area contributed by atoms with Gasteiger partial charge in [-0.2, -0.15) is 0 Å². The van der Waals surface area contributed by atoms with Crippen molar-refractivity contribution in [3.8, 4) is 0 Å². The van der Waals surface area contributed by atoms with Gasteiger partial charge in [-0.3, -0.25) is 0 Å². The molecular weight excluding hydrogens is 248 g/mol. The highest BCUT2D eigenvalue weighted by atomic mass is 32.2. The monoisotopic (exact) mass is 270 g/mol. The molecule has 1 aromatic rings. The minimum atomic E-state index is -3.37. The molecule has 0 aliphatic carbocycles. The van der Waals surface area contributed by atoms with Crippen molar-refractivity contribution in [3.63, 3.8) is 0 Å². The predicted octanol–water partition coefficient (Wildman–Crippen LogP) is 1.51. The molecule has 0 aliphatic heterocycles. The number of hydrogen-bond acceptors (Lipinski definition) is 3. The van der Waals surface area contributed by atoms with Crippen molar-refractivity contribution in [2.45, 2.75) is 31.6 Å². The van der Waals surface area contributed by atoms with Gasteiger partial charge in [0.15, 0.2) is 0 Å². The maximum Gasteiger partial charge on any atom is 0.240 e. The van der Waals surface area contributed by atoms with E-state index in [0.29, 0.717) is 23.9 Å². The fourth-order valence-electron chi connectivity index (χ4n) is 1.50. The molecule has 4 nitrogen and oxygen atoms in total. The summed E-state index contributed by atoms with van der Waals surface area (Å²) in [6.45, 7) is 5.05. The largest absolute Gasteiger partial charge is 0.330 e. The highest BCUT2D eigenvalue weighted by Gasteiger charge is 2.13. The smallest absolute Gasteiger partial charge is 0.240 e. The molecule has 0 aliphatic rings. The lowest BCUT2D eigenvalue weighted by Crippen LogP contribution is -2.27. The van der Waals surface area contributed by atoms with E-state index in [2.05, 4.69) is 4.72 Å². The second kappa shape index (κ2) is 6.87. The van der Waals surface area contributed by atoms with Crippen LogP contribution in [0.25, 0.3) is 0 Å². The Hall–Kier alpha value is -0.910. The second-order valence-corrected chi connectivity index (χ2v) is 6.55. The van der Waals surface area contributed by atoms with Gasteiger partial charge in [-0.05, 0) is 43.0 Å². The Balaban J connectivity index is 2.71. The molecule has 102 valence electrons. The van der Waals surface area contributed by atoms with Crippen LogP contribution in [0, 0.1) is 5.92 Å². The topological polar surface area (TPSA) is 72.2 Å². The molecule has 5 heteroatoms. The summed E-state index contributed by atoms with van der Waals surface area (Å²) in [5, 5.41) is 0. The van der Waals surface area contributed by atoms with E-state index < -0.39 is 10.0 Å². The van der Waals surface area contributed by atoms with Crippen molar-refractivity contribution in [2.24, 2.45) is 11.7 Å². The van der Waals surface area contributed by atoms with Crippen molar-refractivity contribution >= 4 is 10.0 Å². The molecule has 0 spiro atoms. The number of nitrogens with two attached hydrogens (primary N) is 1. The summed E-state index contributed by atoms with van der Waals surface area (Å²) in [7, 11) is -3.37. The minimum Gasteiger partial charge on any atom is -0.330 e. The Morgan fingerprint density at radius 1 is 1.22 bits per heavy atom. The van der Waals surface area contributed by atoms with E-state index in [4.69, 9.17) is 5.73 Å². The van der Waals surface area contributed by atoms with E-state index in [0.717, 1.165) is 18.4 Å². The molecule has 0 saturated heterocycles. The van der Waals surface area contributed by atoms with Gasteiger partial charge in [0.1, 0.15) is 0 Å². The predicted molar refractivity (Wildman–Crippen MR) is 73.8 cm³/mol. The maximum absolute atomic E-state index is 11.9. The van der Waals surface area contributed by atoms with Crippen LogP contribution in [-0.2, 0) is 16.4 Å². The van der Waals surface area contributed by atoms with Gasteiger partial charge < -0.3 is 5.73 Å². The Morgan fingerprint density at radius 3 is 2.33 bits per heavy atom. The Kier molecular flexibility index (Phi) is 5.78. The number of nitrogens with one attached hydrogen (secondary N) is 1. The summed E-state index contributed by atoms with van der Waals surface area (Å²) in [6.07, 6.45) is 1.80. The summed E-state index contributed by atoms with van der Waals surface area (Å²) >= 11 is 0. The van der Waals surface area contributed by atoms with Crippen LogP contribution in [0.2, 0.25) is 0 Å². The third-order valence-electron chi connectivity index (χ3n) is 2.58. The molecule has 0 heterocycles. The number of hydrogen-bond donors (Lipinski definition) is 2. The lowest BCUT2D eigenvalue weighted by molar-refractivity contribution is 0.560.